The van der Waals surface area contributed by atoms with Crippen molar-refractivity contribution >= 4 is 35.2 Å². The summed E-state index contributed by atoms with van der Waals surface area (Å²) in [5.41, 5.74) is 7.65. The van der Waals surface area contributed by atoms with Crippen LogP contribution in [0.5, 0.6) is 0 Å². The van der Waals surface area contributed by atoms with Crippen LogP contribution in [0.4, 0.5) is 5.69 Å². The Kier molecular flexibility index (Phi) is 8.01. The first-order chi connectivity index (χ1) is 18.5. The van der Waals surface area contributed by atoms with Gasteiger partial charge in [-0.25, -0.2) is 0 Å². The first-order valence-electron chi connectivity index (χ1n) is 13.4. The lowest BCUT2D eigenvalue weighted by molar-refractivity contribution is -0.105. The summed E-state index contributed by atoms with van der Waals surface area (Å²) in [6, 6.07) is 23.2. The Bertz CT molecular complexity index is 1400. The molecule has 1 amide bonds. The number of carbonyl (C=O) groups is 1. The highest BCUT2D eigenvalue weighted by Crippen LogP contribution is 2.28. The van der Waals surface area contributed by atoms with Gasteiger partial charge in [0.25, 0.3) is 0 Å². The average Bonchev–Trinajstić information content (AvgIpc) is 3.30. The molecule has 6 heteroatoms. The van der Waals surface area contributed by atoms with Crippen LogP contribution in [-0.4, -0.2) is 46.8 Å². The SMILES string of the molecule is CC1CN(Cc2ccc(/C=C/c3n[nH]c4cc(CC(C)c5ccccc5NC=O)ccc34)cc2)CC(C)O1. The molecule has 2 N–H and O–H groups in total. The molecule has 0 radical (unpaired) electrons. The monoisotopic (exact) mass is 508 g/mol. The molecule has 196 valence electrons. The molecule has 0 bridgehead atoms. The molecule has 1 saturated heterocycles. The number of carbonyl (C=O) groups excluding carboxylic acids is 1. The van der Waals surface area contributed by atoms with Gasteiger partial charge in [0.05, 0.1) is 23.4 Å². The number of anilines is 1. The molecule has 1 aliphatic heterocycles. The minimum Gasteiger partial charge on any atom is -0.373 e. The number of benzene rings is 3. The molecule has 0 aliphatic carbocycles. The summed E-state index contributed by atoms with van der Waals surface area (Å²) in [6.45, 7) is 9.38. The van der Waals surface area contributed by atoms with Gasteiger partial charge in [-0.05, 0) is 66.6 Å². The van der Waals surface area contributed by atoms with E-state index in [1.807, 2.05) is 18.2 Å². The average molecular weight is 509 g/mol. The van der Waals surface area contributed by atoms with Gasteiger partial charge in [-0.3, -0.25) is 14.8 Å². The minimum absolute atomic E-state index is 0.261. The van der Waals surface area contributed by atoms with Gasteiger partial charge in [-0.1, -0.05) is 67.6 Å². The van der Waals surface area contributed by atoms with Crippen LogP contribution in [0.3, 0.4) is 0 Å². The number of hydrogen-bond donors (Lipinski definition) is 2. The number of H-pyrrole nitrogens is 1. The Morgan fingerprint density at radius 1 is 1.03 bits per heavy atom. The van der Waals surface area contributed by atoms with Crippen LogP contribution in [0.2, 0.25) is 0 Å². The fourth-order valence-corrected chi connectivity index (χ4v) is 5.51. The zero-order chi connectivity index (χ0) is 26.5. The highest BCUT2D eigenvalue weighted by atomic mass is 16.5. The standard InChI is InChI=1S/C32H36N4O2/c1-22(28-6-4-5-7-30(28)33-21-37)16-27-12-14-29-31(34-35-32(29)17-27)15-13-25-8-10-26(11-9-25)20-36-18-23(2)38-24(3)19-36/h4-15,17,21-24H,16,18-20H2,1-3H3,(H,33,37)(H,34,35)/b15-13+. The maximum Gasteiger partial charge on any atom is 0.211 e. The second-order valence-corrected chi connectivity index (χ2v) is 10.5. The molecule has 1 fully saturated rings. The van der Waals surface area contributed by atoms with Crippen molar-refractivity contribution in [1.29, 1.82) is 0 Å². The summed E-state index contributed by atoms with van der Waals surface area (Å²) in [7, 11) is 0. The number of morpholine rings is 1. The van der Waals surface area contributed by atoms with Crippen LogP contribution in [0.1, 0.15) is 54.6 Å². The molecule has 3 unspecified atom stereocenters. The number of nitrogens with zero attached hydrogens (tertiary/aromatic N) is 2. The first kappa shape index (κ1) is 25.9. The maximum absolute atomic E-state index is 11.0. The van der Waals surface area contributed by atoms with Crippen molar-refractivity contribution in [2.45, 2.75) is 51.9 Å². The van der Waals surface area contributed by atoms with Gasteiger partial charge in [0, 0.05) is 30.7 Å². The quantitative estimate of drug-likeness (QED) is 0.262. The predicted octanol–water partition coefficient (Wildman–Crippen LogP) is 6.26. The molecule has 38 heavy (non-hydrogen) atoms. The Balaban J connectivity index is 1.24. The summed E-state index contributed by atoms with van der Waals surface area (Å²) in [6.07, 6.45) is 6.36. The maximum atomic E-state index is 11.0. The molecular formula is C32H36N4O2. The van der Waals surface area contributed by atoms with Crippen LogP contribution < -0.4 is 5.32 Å². The zero-order valence-electron chi connectivity index (χ0n) is 22.4. The van der Waals surface area contributed by atoms with Crippen molar-refractivity contribution in [2.75, 3.05) is 18.4 Å². The molecule has 4 aromatic rings. The van der Waals surface area contributed by atoms with Crippen LogP contribution in [0.25, 0.3) is 23.1 Å². The van der Waals surface area contributed by atoms with E-state index in [9.17, 15) is 4.79 Å². The van der Waals surface area contributed by atoms with E-state index in [-0.39, 0.29) is 18.1 Å². The second kappa shape index (κ2) is 11.8. The molecule has 6 nitrogen and oxygen atoms in total. The van der Waals surface area contributed by atoms with E-state index >= 15 is 0 Å². The molecule has 0 spiro atoms. The highest BCUT2D eigenvalue weighted by Gasteiger charge is 2.22. The van der Waals surface area contributed by atoms with E-state index in [4.69, 9.17) is 4.74 Å². The number of rotatable bonds is 9. The lowest BCUT2D eigenvalue weighted by atomic mass is 9.92. The summed E-state index contributed by atoms with van der Waals surface area (Å²) in [5, 5.41) is 11.7. The second-order valence-electron chi connectivity index (χ2n) is 10.5. The third-order valence-corrected chi connectivity index (χ3v) is 7.22. The number of amides is 1. The topological polar surface area (TPSA) is 70.2 Å². The van der Waals surface area contributed by atoms with Crippen molar-refractivity contribution in [3.05, 3.63) is 94.7 Å². The van der Waals surface area contributed by atoms with E-state index in [0.29, 0.717) is 0 Å². The van der Waals surface area contributed by atoms with Gasteiger partial charge in [0.15, 0.2) is 0 Å². The fraction of sp³-hybridized carbons (Fsp3) is 0.312. The normalized spacial score (nSPS) is 19.1. The molecule has 0 saturated carbocycles. The van der Waals surface area contributed by atoms with Gasteiger partial charge in [0.2, 0.25) is 6.41 Å². The lowest BCUT2D eigenvalue weighted by Gasteiger charge is -2.35. The van der Waals surface area contributed by atoms with Crippen molar-refractivity contribution in [1.82, 2.24) is 15.1 Å². The van der Waals surface area contributed by atoms with Gasteiger partial charge in [-0.2, -0.15) is 5.10 Å². The molecule has 5 rings (SSSR count). The first-order valence-corrected chi connectivity index (χ1v) is 13.4. The number of aromatic amines is 1. The van der Waals surface area contributed by atoms with Crippen LogP contribution in [0.15, 0.2) is 66.7 Å². The van der Waals surface area contributed by atoms with Crippen molar-refractivity contribution in [3.63, 3.8) is 0 Å². The number of fused-ring (bicyclic) bond motifs is 1. The number of nitrogens with one attached hydrogen (secondary N) is 2. The molecule has 3 atom stereocenters. The van der Waals surface area contributed by atoms with Gasteiger partial charge < -0.3 is 10.1 Å². The van der Waals surface area contributed by atoms with Crippen LogP contribution in [-0.2, 0) is 22.5 Å². The van der Waals surface area contributed by atoms with Crippen molar-refractivity contribution < 1.29 is 9.53 Å². The molecule has 2 heterocycles. The van der Waals surface area contributed by atoms with Gasteiger partial charge in [-0.15, -0.1) is 0 Å². The number of aromatic nitrogens is 2. The largest absolute Gasteiger partial charge is 0.373 e. The Morgan fingerprint density at radius 2 is 1.76 bits per heavy atom. The molecular weight excluding hydrogens is 472 g/mol. The summed E-state index contributed by atoms with van der Waals surface area (Å²) >= 11 is 0. The smallest absolute Gasteiger partial charge is 0.211 e. The predicted molar refractivity (Wildman–Crippen MR) is 155 cm³/mol. The summed E-state index contributed by atoms with van der Waals surface area (Å²) < 4.78 is 5.85. The van der Waals surface area contributed by atoms with E-state index in [1.54, 1.807) is 0 Å². The van der Waals surface area contributed by atoms with E-state index in [0.717, 1.165) is 65.9 Å². The summed E-state index contributed by atoms with van der Waals surface area (Å²) in [5.74, 6) is 0.261. The van der Waals surface area contributed by atoms with Crippen LogP contribution >= 0.6 is 0 Å². The third-order valence-electron chi connectivity index (χ3n) is 7.22. The lowest BCUT2D eigenvalue weighted by Crippen LogP contribution is -2.44. The van der Waals surface area contributed by atoms with E-state index in [2.05, 4.69) is 102 Å². The Labute approximate surface area is 224 Å². The van der Waals surface area contributed by atoms with Crippen molar-refractivity contribution in [2.24, 2.45) is 0 Å². The number of para-hydroxylation sites is 1. The third kappa shape index (κ3) is 6.21. The Hall–Kier alpha value is -3.74. The van der Waals surface area contributed by atoms with E-state index in [1.165, 1.54) is 11.1 Å². The number of hydrogen-bond acceptors (Lipinski definition) is 4. The highest BCUT2D eigenvalue weighted by molar-refractivity contribution is 5.89. The van der Waals surface area contributed by atoms with E-state index < -0.39 is 0 Å². The van der Waals surface area contributed by atoms with Crippen molar-refractivity contribution in [3.8, 4) is 0 Å². The van der Waals surface area contributed by atoms with Gasteiger partial charge in [0.1, 0.15) is 0 Å². The molecule has 1 aromatic heterocycles. The zero-order valence-corrected chi connectivity index (χ0v) is 22.4. The van der Waals surface area contributed by atoms with Gasteiger partial charge >= 0.3 is 0 Å². The minimum atomic E-state index is 0.261. The summed E-state index contributed by atoms with van der Waals surface area (Å²) in [4.78, 5) is 13.4. The number of ether oxygens (including phenoxy) is 1. The fourth-order valence-electron chi connectivity index (χ4n) is 5.51. The molecule has 3 aromatic carbocycles. The Morgan fingerprint density at radius 3 is 2.53 bits per heavy atom. The molecule has 1 aliphatic rings. The van der Waals surface area contributed by atoms with Crippen LogP contribution in [0, 0.1) is 0 Å².